The molecule has 0 aromatic heterocycles. The quantitative estimate of drug-likeness (QED) is 0.634. The Morgan fingerprint density at radius 3 is 2.75 bits per heavy atom. The van der Waals surface area contributed by atoms with Crippen molar-refractivity contribution in [3.05, 3.63) is 0 Å². The third-order valence-corrected chi connectivity index (χ3v) is 2.56. The molecule has 1 fully saturated rings. The van der Waals surface area contributed by atoms with Crippen molar-refractivity contribution in [2.75, 3.05) is 6.54 Å². The zero-order valence-corrected chi connectivity index (χ0v) is 7.84. The summed E-state index contributed by atoms with van der Waals surface area (Å²) in [5.41, 5.74) is 5.92. The summed E-state index contributed by atoms with van der Waals surface area (Å²) >= 11 is 0. The highest BCUT2D eigenvalue weighted by Gasteiger charge is 2.29. The molecule has 2 unspecified atom stereocenters. The van der Waals surface area contributed by atoms with Crippen molar-refractivity contribution < 1.29 is 4.79 Å². The maximum atomic E-state index is 11.3. The topological polar surface area (TPSA) is 55.1 Å². The number of hydrogen-bond acceptors (Lipinski definition) is 2. The molecule has 70 valence electrons. The molecule has 0 spiro atoms. The van der Waals surface area contributed by atoms with Gasteiger partial charge in [-0.3, -0.25) is 4.79 Å². The minimum atomic E-state index is 0.0188. The fourth-order valence-electron chi connectivity index (χ4n) is 1.63. The minimum absolute atomic E-state index is 0.0188. The van der Waals surface area contributed by atoms with Crippen LogP contribution in [0.15, 0.2) is 0 Å². The highest BCUT2D eigenvalue weighted by atomic mass is 16.1. The summed E-state index contributed by atoms with van der Waals surface area (Å²) in [7, 11) is 0. The van der Waals surface area contributed by atoms with Crippen LogP contribution in [-0.2, 0) is 4.79 Å². The summed E-state index contributed by atoms with van der Waals surface area (Å²) in [6.45, 7) is 4.94. The van der Waals surface area contributed by atoms with Crippen molar-refractivity contribution in [3.63, 3.8) is 0 Å². The maximum absolute atomic E-state index is 11.3. The number of amides is 1. The van der Waals surface area contributed by atoms with E-state index in [1.54, 1.807) is 0 Å². The average molecular weight is 170 g/mol. The molecular formula is C9H18N2O. The van der Waals surface area contributed by atoms with Gasteiger partial charge in [0.2, 0.25) is 5.91 Å². The van der Waals surface area contributed by atoms with Crippen molar-refractivity contribution in [2.45, 2.75) is 32.7 Å². The molecule has 1 rings (SSSR count). The third-order valence-electron chi connectivity index (χ3n) is 2.56. The number of rotatable bonds is 2. The molecule has 1 heterocycles. The lowest BCUT2D eigenvalue weighted by atomic mass is 9.85. The van der Waals surface area contributed by atoms with Gasteiger partial charge in [0.15, 0.2) is 0 Å². The van der Waals surface area contributed by atoms with Crippen molar-refractivity contribution in [2.24, 2.45) is 17.6 Å². The zero-order valence-electron chi connectivity index (χ0n) is 7.84. The van der Waals surface area contributed by atoms with Crippen LogP contribution in [0.1, 0.15) is 26.7 Å². The Morgan fingerprint density at radius 1 is 1.58 bits per heavy atom. The van der Waals surface area contributed by atoms with E-state index in [1.165, 1.54) is 0 Å². The van der Waals surface area contributed by atoms with E-state index in [0.717, 1.165) is 19.4 Å². The van der Waals surface area contributed by atoms with Crippen molar-refractivity contribution in [1.82, 2.24) is 5.32 Å². The van der Waals surface area contributed by atoms with E-state index in [2.05, 4.69) is 19.2 Å². The first kappa shape index (κ1) is 9.52. The fourth-order valence-corrected chi connectivity index (χ4v) is 1.63. The number of nitrogens with one attached hydrogen (secondary N) is 1. The van der Waals surface area contributed by atoms with E-state index in [0.29, 0.717) is 5.92 Å². The van der Waals surface area contributed by atoms with Gasteiger partial charge in [0.25, 0.3) is 0 Å². The lowest BCUT2D eigenvalue weighted by Gasteiger charge is -2.29. The van der Waals surface area contributed by atoms with Crippen LogP contribution in [0.4, 0.5) is 0 Å². The van der Waals surface area contributed by atoms with Crippen LogP contribution in [0.2, 0.25) is 0 Å². The predicted octanol–water partition coefficient (Wildman–Crippen LogP) is 0.496. The van der Waals surface area contributed by atoms with Gasteiger partial charge in [0.1, 0.15) is 0 Å². The molecule has 3 nitrogen and oxygen atoms in total. The number of carbonyl (C=O) groups excluding carboxylic acids is 1. The van der Waals surface area contributed by atoms with E-state index in [4.69, 9.17) is 5.73 Å². The van der Waals surface area contributed by atoms with E-state index >= 15 is 0 Å². The molecule has 1 amide bonds. The van der Waals surface area contributed by atoms with Crippen molar-refractivity contribution in [1.29, 1.82) is 0 Å². The van der Waals surface area contributed by atoms with Gasteiger partial charge in [-0.2, -0.15) is 0 Å². The maximum Gasteiger partial charge on any atom is 0.224 e. The molecule has 2 atom stereocenters. The Labute approximate surface area is 73.7 Å². The van der Waals surface area contributed by atoms with E-state index in [1.807, 2.05) is 0 Å². The Kier molecular flexibility index (Phi) is 3.09. The molecule has 0 radical (unpaired) electrons. The van der Waals surface area contributed by atoms with Gasteiger partial charge in [-0.15, -0.1) is 0 Å². The molecule has 1 aliphatic rings. The lowest BCUT2D eigenvalue weighted by Crippen LogP contribution is -2.47. The number of nitrogens with two attached hydrogens (primary N) is 1. The molecule has 3 N–H and O–H groups in total. The van der Waals surface area contributed by atoms with Gasteiger partial charge in [-0.05, 0) is 18.8 Å². The van der Waals surface area contributed by atoms with Crippen LogP contribution < -0.4 is 11.1 Å². The molecule has 12 heavy (non-hydrogen) atoms. The van der Waals surface area contributed by atoms with Gasteiger partial charge in [0.05, 0.1) is 5.92 Å². The Bertz CT molecular complexity index is 168. The molecule has 0 aromatic carbocycles. The molecule has 0 bridgehead atoms. The smallest absolute Gasteiger partial charge is 0.224 e. The Hall–Kier alpha value is -0.570. The number of carbonyl (C=O) groups is 1. The Morgan fingerprint density at radius 2 is 2.25 bits per heavy atom. The highest BCUT2D eigenvalue weighted by molar-refractivity contribution is 5.80. The second kappa shape index (κ2) is 3.90. The van der Waals surface area contributed by atoms with Crippen LogP contribution in [-0.4, -0.2) is 18.5 Å². The monoisotopic (exact) mass is 170 g/mol. The van der Waals surface area contributed by atoms with Gasteiger partial charge >= 0.3 is 0 Å². The highest BCUT2D eigenvalue weighted by Crippen LogP contribution is 2.18. The molecule has 0 aliphatic carbocycles. The molecule has 1 aliphatic heterocycles. The van der Waals surface area contributed by atoms with Gasteiger partial charge in [-0.1, -0.05) is 13.8 Å². The SMILES string of the molecule is CC(C)C(N)C1CCCNC1=O. The van der Waals surface area contributed by atoms with Crippen LogP contribution in [0.5, 0.6) is 0 Å². The molecular weight excluding hydrogens is 152 g/mol. The van der Waals surface area contributed by atoms with Crippen LogP contribution in [0, 0.1) is 11.8 Å². The second-order valence-electron chi connectivity index (χ2n) is 3.86. The van der Waals surface area contributed by atoms with E-state index in [9.17, 15) is 4.79 Å². The summed E-state index contributed by atoms with van der Waals surface area (Å²) in [5.74, 6) is 0.569. The summed E-state index contributed by atoms with van der Waals surface area (Å²) in [6, 6.07) is 0.0188. The van der Waals surface area contributed by atoms with Gasteiger partial charge in [0, 0.05) is 12.6 Å². The molecule has 1 saturated heterocycles. The second-order valence-corrected chi connectivity index (χ2v) is 3.86. The molecule has 0 saturated carbocycles. The fraction of sp³-hybridized carbons (Fsp3) is 0.889. The average Bonchev–Trinajstić information content (AvgIpc) is 2.04. The molecule has 3 heteroatoms. The van der Waals surface area contributed by atoms with E-state index in [-0.39, 0.29) is 17.9 Å². The van der Waals surface area contributed by atoms with Gasteiger partial charge < -0.3 is 11.1 Å². The molecule has 0 aromatic rings. The largest absolute Gasteiger partial charge is 0.356 e. The predicted molar refractivity (Wildman–Crippen MR) is 48.5 cm³/mol. The van der Waals surface area contributed by atoms with Gasteiger partial charge in [-0.25, -0.2) is 0 Å². The minimum Gasteiger partial charge on any atom is -0.356 e. The van der Waals surface area contributed by atoms with Crippen molar-refractivity contribution >= 4 is 5.91 Å². The lowest BCUT2D eigenvalue weighted by molar-refractivity contribution is -0.127. The summed E-state index contributed by atoms with van der Waals surface area (Å²) in [6.07, 6.45) is 2.02. The summed E-state index contributed by atoms with van der Waals surface area (Å²) in [4.78, 5) is 11.3. The van der Waals surface area contributed by atoms with Crippen LogP contribution in [0.25, 0.3) is 0 Å². The number of hydrogen-bond donors (Lipinski definition) is 2. The third kappa shape index (κ3) is 1.97. The summed E-state index contributed by atoms with van der Waals surface area (Å²) < 4.78 is 0. The van der Waals surface area contributed by atoms with Crippen LogP contribution >= 0.6 is 0 Å². The number of piperidine rings is 1. The summed E-state index contributed by atoms with van der Waals surface area (Å²) in [5, 5.41) is 2.85. The first-order valence-corrected chi connectivity index (χ1v) is 4.66. The standard InChI is InChI=1S/C9H18N2O/c1-6(2)8(10)7-4-3-5-11-9(7)12/h6-8H,3-5,10H2,1-2H3,(H,11,12). The zero-order chi connectivity index (χ0) is 9.14. The van der Waals surface area contributed by atoms with E-state index < -0.39 is 0 Å². The Balaban J connectivity index is 2.53. The first-order valence-electron chi connectivity index (χ1n) is 4.66. The normalized spacial score (nSPS) is 27.0. The van der Waals surface area contributed by atoms with Crippen LogP contribution in [0.3, 0.4) is 0 Å². The van der Waals surface area contributed by atoms with Crippen molar-refractivity contribution in [3.8, 4) is 0 Å². The first-order chi connectivity index (χ1) is 5.63.